The normalized spacial score (nSPS) is 9.83. The Morgan fingerprint density at radius 1 is 1.06 bits per heavy atom. The SMILES string of the molecule is C=CC(=O)NCCCCNC(=O)/C=C/C(=O)OC. The van der Waals surface area contributed by atoms with Crippen LogP contribution in [0, 0.1) is 0 Å². The molecule has 0 aromatic carbocycles. The van der Waals surface area contributed by atoms with Crippen LogP contribution in [0.15, 0.2) is 24.8 Å². The zero-order chi connectivity index (χ0) is 13.8. The number of rotatable bonds is 8. The molecule has 0 aliphatic heterocycles. The molecule has 100 valence electrons. The molecule has 0 aliphatic rings. The summed E-state index contributed by atoms with van der Waals surface area (Å²) in [4.78, 5) is 32.6. The summed E-state index contributed by atoms with van der Waals surface area (Å²) in [6.07, 6.45) is 4.86. The molecular weight excluding hydrogens is 236 g/mol. The van der Waals surface area contributed by atoms with E-state index in [1.165, 1.54) is 13.2 Å². The van der Waals surface area contributed by atoms with Gasteiger partial charge in [-0.3, -0.25) is 9.59 Å². The van der Waals surface area contributed by atoms with Crippen LogP contribution >= 0.6 is 0 Å². The van der Waals surface area contributed by atoms with Crippen molar-refractivity contribution in [3.8, 4) is 0 Å². The van der Waals surface area contributed by atoms with E-state index in [1.54, 1.807) is 0 Å². The third-order valence-electron chi connectivity index (χ3n) is 1.96. The molecule has 0 heterocycles. The minimum Gasteiger partial charge on any atom is -0.466 e. The van der Waals surface area contributed by atoms with Crippen molar-refractivity contribution in [3.05, 3.63) is 24.8 Å². The van der Waals surface area contributed by atoms with Gasteiger partial charge in [0, 0.05) is 25.2 Å². The minimum absolute atomic E-state index is 0.208. The van der Waals surface area contributed by atoms with Crippen LogP contribution in [0.2, 0.25) is 0 Å². The standard InChI is InChI=1S/C12H18N2O4/c1-3-10(15)13-8-4-5-9-14-11(16)6-7-12(17)18-2/h3,6-7H,1,4-5,8-9H2,2H3,(H,13,15)(H,14,16)/b7-6+. The molecule has 0 aromatic rings. The minimum atomic E-state index is -0.572. The maximum absolute atomic E-state index is 11.2. The number of methoxy groups -OCH3 is 1. The highest BCUT2D eigenvalue weighted by atomic mass is 16.5. The Morgan fingerprint density at radius 2 is 1.61 bits per heavy atom. The van der Waals surface area contributed by atoms with E-state index in [-0.39, 0.29) is 11.8 Å². The van der Waals surface area contributed by atoms with Gasteiger partial charge in [-0.2, -0.15) is 0 Å². The molecule has 0 aliphatic carbocycles. The van der Waals surface area contributed by atoms with Gasteiger partial charge in [-0.1, -0.05) is 6.58 Å². The first-order valence-corrected chi connectivity index (χ1v) is 5.54. The lowest BCUT2D eigenvalue weighted by molar-refractivity contribution is -0.135. The monoisotopic (exact) mass is 254 g/mol. The Labute approximate surface area is 106 Å². The average Bonchev–Trinajstić information content (AvgIpc) is 2.39. The number of unbranched alkanes of at least 4 members (excludes halogenated alkanes) is 1. The van der Waals surface area contributed by atoms with Crippen LogP contribution < -0.4 is 10.6 Å². The first-order chi connectivity index (χ1) is 8.60. The van der Waals surface area contributed by atoms with Crippen LogP contribution in [0.3, 0.4) is 0 Å². The maximum Gasteiger partial charge on any atom is 0.330 e. The smallest absolute Gasteiger partial charge is 0.330 e. The van der Waals surface area contributed by atoms with E-state index in [0.717, 1.165) is 25.0 Å². The second-order valence-corrected chi connectivity index (χ2v) is 3.35. The average molecular weight is 254 g/mol. The van der Waals surface area contributed by atoms with Crippen molar-refractivity contribution in [2.24, 2.45) is 0 Å². The molecule has 18 heavy (non-hydrogen) atoms. The molecule has 0 radical (unpaired) electrons. The van der Waals surface area contributed by atoms with Gasteiger partial charge in [-0.15, -0.1) is 0 Å². The molecule has 0 saturated carbocycles. The van der Waals surface area contributed by atoms with Crippen LogP contribution in [0.1, 0.15) is 12.8 Å². The van der Waals surface area contributed by atoms with Gasteiger partial charge >= 0.3 is 5.97 Å². The quantitative estimate of drug-likeness (QED) is 0.360. The summed E-state index contributed by atoms with van der Waals surface area (Å²) in [6, 6.07) is 0. The largest absolute Gasteiger partial charge is 0.466 e. The van der Waals surface area contributed by atoms with Crippen LogP contribution in [0.5, 0.6) is 0 Å². The van der Waals surface area contributed by atoms with Gasteiger partial charge in [0.15, 0.2) is 0 Å². The van der Waals surface area contributed by atoms with E-state index in [0.29, 0.717) is 13.1 Å². The lowest BCUT2D eigenvalue weighted by Gasteiger charge is -2.03. The zero-order valence-corrected chi connectivity index (χ0v) is 10.4. The van der Waals surface area contributed by atoms with E-state index in [9.17, 15) is 14.4 Å². The van der Waals surface area contributed by atoms with Gasteiger partial charge in [0.2, 0.25) is 11.8 Å². The third-order valence-corrected chi connectivity index (χ3v) is 1.96. The Bertz CT molecular complexity index is 337. The summed E-state index contributed by atoms with van der Waals surface area (Å²) in [5.74, 6) is -1.13. The first-order valence-electron chi connectivity index (χ1n) is 5.54. The number of amides is 2. The Hall–Kier alpha value is -2.11. The molecule has 0 rings (SSSR count). The van der Waals surface area contributed by atoms with Crippen molar-refractivity contribution in [1.82, 2.24) is 10.6 Å². The summed E-state index contributed by atoms with van der Waals surface area (Å²) >= 11 is 0. The lowest BCUT2D eigenvalue weighted by atomic mass is 10.3. The molecular formula is C12H18N2O4. The van der Waals surface area contributed by atoms with Crippen molar-refractivity contribution < 1.29 is 19.1 Å². The number of hydrogen-bond acceptors (Lipinski definition) is 4. The van der Waals surface area contributed by atoms with E-state index >= 15 is 0 Å². The molecule has 0 atom stereocenters. The molecule has 0 fully saturated rings. The summed E-state index contributed by atoms with van der Waals surface area (Å²) in [7, 11) is 1.24. The fourth-order valence-electron chi connectivity index (χ4n) is 1.02. The number of carbonyl (C=O) groups is 3. The maximum atomic E-state index is 11.2. The van der Waals surface area contributed by atoms with Gasteiger partial charge < -0.3 is 15.4 Å². The fraction of sp³-hybridized carbons (Fsp3) is 0.417. The summed E-state index contributed by atoms with van der Waals surface area (Å²) in [6.45, 7) is 4.35. The molecule has 0 aromatic heterocycles. The molecule has 0 bridgehead atoms. The van der Waals surface area contributed by atoms with E-state index < -0.39 is 5.97 Å². The summed E-state index contributed by atoms with van der Waals surface area (Å²) in [5.41, 5.74) is 0. The highest BCUT2D eigenvalue weighted by Crippen LogP contribution is 1.86. The molecule has 6 heteroatoms. The Balaban J connectivity index is 3.52. The second-order valence-electron chi connectivity index (χ2n) is 3.35. The zero-order valence-electron chi connectivity index (χ0n) is 10.4. The lowest BCUT2D eigenvalue weighted by Crippen LogP contribution is -2.25. The Kier molecular flexibility index (Phi) is 8.89. The first kappa shape index (κ1) is 15.9. The van der Waals surface area contributed by atoms with Gasteiger partial charge in [0.25, 0.3) is 0 Å². The van der Waals surface area contributed by atoms with Crippen LogP contribution in [0.4, 0.5) is 0 Å². The van der Waals surface area contributed by atoms with Crippen molar-refractivity contribution in [3.63, 3.8) is 0 Å². The Morgan fingerprint density at radius 3 is 2.11 bits per heavy atom. The molecule has 2 N–H and O–H groups in total. The summed E-state index contributed by atoms with van der Waals surface area (Å²) < 4.78 is 4.34. The molecule has 0 spiro atoms. The van der Waals surface area contributed by atoms with Crippen molar-refractivity contribution in [2.75, 3.05) is 20.2 Å². The van der Waals surface area contributed by atoms with Gasteiger partial charge in [0.1, 0.15) is 0 Å². The highest BCUT2D eigenvalue weighted by Gasteiger charge is 1.97. The molecule has 0 unspecified atom stereocenters. The third kappa shape index (κ3) is 9.14. The van der Waals surface area contributed by atoms with E-state index in [1.807, 2.05) is 0 Å². The topological polar surface area (TPSA) is 84.5 Å². The second kappa shape index (κ2) is 10.1. The van der Waals surface area contributed by atoms with Crippen molar-refractivity contribution in [2.45, 2.75) is 12.8 Å². The van der Waals surface area contributed by atoms with Crippen molar-refractivity contribution in [1.29, 1.82) is 0 Å². The van der Waals surface area contributed by atoms with Crippen LogP contribution in [0.25, 0.3) is 0 Å². The van der Waals surface area contributed by atoms with Gasteiger partial charge in [-0.25, -0.2) is 4.79 Å². The van der Waals surface area contributed by atoms with Crippen molar-refractivity contribution >= 4 is 17.8 Å². The van der Waals surface area contributed by atoms with Crippen LogP contribution in [-0.2, 0) is 19.1 Å². The molecule has 2 amide bonds. The number of esters is 1. The van der Waals surface area contributed by atoms with Gasteiger partial charge in [-0.05, 0) is 18.9 Å². The number of hydrogen-bond donors (Lipinski definition) is 2. The predicted molar refractivity (Wildman–Crippen MR) is 66.6 cm³/mol. The number of ether oxygens (including phenoxy) is 1. The van der Waals surface area contributed by atoms with E-state index in [4.69, 9.17) is 0 Å². The predicted octanol–water partition coefficient (Wildman–Crippen LogP) is -0.0858. The summed E-state index contributed by atoms with van der Waals surface area (Å²) in [5, 5.41) is 5.22. The van der Waals surface area contributed by atoms with Crippen LogP contribution in [-0.4, -0.2) is 38.0 Å². The molecule has 6 nitrogen and oxygen atoms in total. The molecule has 0 saturated heterocycles. The number of carbonyl (C=O) groups excluding carboxylic acids is 3. The fourth-order valence-corrected chi connectivity index (χ4v) is 1.02. The number of nitrogens with one attached hydrogen (secondary N) is 2. The van der Waals surface area contributed by atoms with Gasteiger partial charge in [0.05, 0.1) is 7.11 Å². The van der Waals surface area contributed by atoms with E-state index in [2.05, 4.69) is 21.9 Å². The highest BCUT2D eigenvalue weighted by molar-refractivity contribution is 5.94.